The number of piperazine rings is 2. The average molecular weight is 1190 g/mol. The SMILES string of the molecule is C1CCNCC1.[2H]C([2H])(c1ccccc1)C(N)C(=O)Cc1cc(F)ccc1N1CCN(C(=O)OC(C)(C)C)CC1.[2H]C([2H])(c1ccccc1)C(NC(=O)OCC1c2ccccc2-c2ccccc21)C(=O)Cc1cc(F)ccc1N1CCN(C(=O)OC(C)(C)C)CC1. The van der Waals surface area contributed by atoms with Crippen LogP contribution in [-0.2, 0) is 49.4 Å². The quantitative estimate of drug-likeness (QED) is 0.0831. The van der Waals surface area contributed by atoms with Gasteiger partial charge in [0.15, 0.2) is 11.6 Å². The van der Waals surface area contributed by atoms with Gasteiger partial charge in [-0.3, -0.25) is 9.59 Å². The number of amides is 3. The van der Waals surface area contributed by atoms with Crippen LogP contribution in [0.4, 0.5) is 34.5 Å². The molecule has 17 heteroatoms. The summed E-state index contributed by atoms with van der Waals surface area (Å²) in [5, 5.41) is 5.83. The summed E-state index contributed by atoms with van der Waals surface area (Å²) >= 11 is 0. The number of piperidine rings is 1. The first-order valence-corrected chi connectivity index (χ1v) is 30.0. The van der Waals surface area contributed by atoms with E-state index in [0.717, 1.165) is 22.3 Å². The average Bonchev–Trinajstić information content (AvgIpc) is 2.13. The van der Waals surface area contributed by atoms with Gasteiger partial charge in [-0.2, -0.15) is 0 Å². The van der Waals surface area contributed by atoms with Gasteiger partial charge < -0.3 is 50.2 Å². The molecule has 87 heavy (non-hydrogen) atoms. The molecule has 6 aromatic carbocycles. The predicted octanol–water partition coefficient (Wildman–Crippen LogP) is 11.5. The van der Waals surface area contributed by atoms with Crippen molar-refractivity contribution in [2.75, 3.05) is 81.9 Å². The lowest BCUT2D eigenvalue weighted by atomic mass is 9.96. The number of halogens is 2. The first-order chi connectivity index (χ1) is 43.2. The second-order valence-corrected chi connectivity index (χ2v) is 24.0. The number of nitrogens with two attached hydrogens (primary N) is 1. The smallest absolute Gasteiger partial charge is 0.410 e. The number of hydrogen-bond acceptors (Lipinski definition) is 12. The Bertz CT molecular complexity index is 3400. The normalized spacial score (nSPS) is 16.7. The number of Topliss-reactive ketones (excluding diaryl/α,β-unsaturated/α-hetero) is 2. The van der Waals surface area contributed by atoms with Crippen LogP contribution in [0.3, 0.4) is 0 Å². The van der Waals surface area contributed by atoms with Crippen LogP contribution in [0, 0.1) is 11.6 Å². The molecule has 462 valence electrons. The molecule has 4 aliphatic rings. The third-order valence-corrected chi connectivity index (χ3v) is 15.0. The van der Waals surface area contributed by atoms with Gasteiger partial charge >= 0.3 is 18.3 Å². The number of ether oxygens (including phenoxy) is 3. The van der Waals surface area contributed by atoms with Crippen molar-refractivity contribution < 1.29 is 52.4 Å². The van der Waals surface area contributed by atoms with Gasteiger partial charge in [-0.05, 0) is 161 Å². The molecule has 3 amide bonds. The highest BCUT2D eigenvalue weighted by atomic mass is 19.1. The van der Waals surface area contributed by atoms with Crippen molar-refractivity contribution in [1.82, 2.24) is 20.4 Å². The lowest BCUT2D eigenvalue weighted by molar-refractivity contribution is -0.120. The Morgan fingerprint density at radius 1 is 0.575 bits per heavy atom. The first-order valence-electron chi connectivity index (χ1n) is 32.0. The summed E-state index contributed by atoms with van der Waals surface area (Å²) in [6, 6.07) is 37.6. The van der Waals surface area contributed by atoms with Crippen molar-refractivity contribution in [2.24, 2.45) is 5.73 Å². The van der Waals surface area contributed by atoms with Crippen molar-refractivity contribution in [3.8, 4) is 11.1 Å². The molecule has 3 fully saturated rings. The number of benzene rings is 6. The van der Waals surface area contributed by atoms with Crippen molar-refractivity contribution in [3.05, 3.63) is 191 Å². The Morgan fingerprint density at radius 3 is 1.43 bits per heavy atom. The van der Waals surface area contributed by atoms with Gasteiger partial charge in [-0.15, -0.1) is 0 Å². The van der Waals surface area contributed by atoms with Crippen LogP contribution in [0.2, 0.25) is 0 Å². The minimum absolute atomic E-state index is 0.0155. The summed E-state index contributed by atoms with van der Waals surface area (Å²) in [5.74, 6) is -2.45. The molecular formula is C70H85F2N7O8. The van der Waals surface area contributed by atoms with E-state index in [-0.39, 0.29) is 37.0 Å². The standard InChI is InChI=1S/C40H42FN3O5.C25H32FN3O3.C5H11N/c1-40(2,3)49-39(47)44-21-19-43(20-22-44)36-18-17-29(41)24-28(36)25-37(45)35(23-27-11-5-4-6-12-27)42-38(46)48-26-34-32-15-9-7-13-30(32)31-14-8-10-16-33(31)34;1-25(2,3)32-24(31)29-13-11-28(12-14-29)22-10-9-20(26)16-19(22)17-23(30)21(27)15-18-7-5-4-6-8-18;1-2-4-6-5-3-1/h4-18,24,34-35H,19-23,25-26H2,1-3H3,(H,42,46);4-10,16,21H,11-15,17,27H2,1-3H3;6H,1-5H2/i23D2;15D2;. The highest BCUT2D eigenvalue weighted by Gasteiger charge is 2.33. The summed E-state index contributed by atoms with van der Waals surface area (Å²) in [6.45, 7) is 16.7. The van der Waals surface area contributed by atoms with Gasteiger partial charge in [0.1, 0.15) is 29.4 Å². The molecular weight excluding hydrogens is 1100 g/mol. The molecule has 0 spiro atoms. The number of carbonyl (C=O) groups excluding carboxylic acids is 5. The fraction of sp³-hybridized carbons (Fsp3) is 0.414. The number of nitrogens with zero attached hydrogens (tertiary/aromatic N) is 4. The Morgan fingerprint density at radius 2 is 1.00 bits per heavy atom. The molecule has 1 aliphatic carbocycles. The minimum atomic E-state index is -2.34. The van der Waals surface area contributed by atoms with E-state index < -0.39 is 71.4 Å². The van der Waals surface area contributed by atoms with Crippen LogP contribution in [0.25, 0.3) is 11.1 Å². The second-order valence-electron chi connectivity index (χ2n) is 24.0. The van der Waals surface area contributed by atoms with E-state index >= 15 is 0 Å². The zero-order chi connectivity index (χ0) is 65.7. The molecule has 0 radical (unpaired) electrons. The molecule has 3 saturated heterocycles. The fourth-order valence-corrected chi connectivity index (χ4v) is 10.8. The van der Waals surface area contributed by atoms with Crippen molar-refractivity contribution in [1.29, 1.82) is 0 Å². The largest absolute Gasteiger partial charge is 0.449 e. The number of alkyl carbamates (subject to hydrolysis) is 1. The Hall–Kier alpha value is -8.15. The Labute approximate surface area is 517 Å². The first kappa shape index (κ1) is 59.2. The topological polar surface area (TPSA) is 176 Å². The lowest BCUT2D eigenvalue weighted by Gasteiger charge is -2.37. The number of rotatable bonds is 15. The van der Waals surface area contributed by atoms with Crippen molar-refractivity contribution in [2.45, 2.75) is 116 Å². The van der Waals surface area contributed by atoms with Gasteiger partial charge in [0.05, 0.1) is 12.1 Å². The predicted molar refractivity (Wildman–Crippen MR) is 337 cm³/mol. The maximum absolute atomic E-state index is 14.7. The molecule has 0 saturated carbocycles. The van der Waals surface area contributed by atoms with Gasteiger partial charge in [0.25, 0.3) is 0 Å². The second kappa shape index (κ2) is 30.5. The van der Waals surface area contributed by atoms with E-state index in [1.807, 2.05) is 79.1 Å². The minimum Gasteiger partial charge on any atom is -0.449 e. The van der Waals surface area contributed by atoms with Gasteiger partial charge in [0, 0.05) is 88.0 Å². The van der Waals surface area contributed by atoms with E-state index in [1.165, 1.54) is 56.6 Å². The number of hydrogen-bond donors (Lipinski definition) is 3. The Kier molecular flexibility index (Phi) is 20.7. The summed E-state index contributed by atoms with van der Waals surface area (Å²) in [4.78, 5) is 72.7. The summed E-state index contributed by atoms with van der Waals surface area (Å²) in [7, 11) is 0. The van der Waals surface area contributed by atoms with Crippen LogP contribution in [0.1, 0.15) is 106 Å². The molecule has 3 aliphatic heterocycles. The zero-order valence-electron chi connectivity index (χ0n) is 54.8. The molecule has 0 bridgehead atoms. The van der Waals surface area contributed by atoms with Crippen LogP contribution in [0.5, 0.6) is 0 Å². The molecule has 2 unspecified atom stereocenters. The van der Waals surface area contributed by atoms with E-state index in [4.69, 9.17) is 25.4 Å². The van der Waals surface area contributed by atoms with Gasteiger partial charge in [-0.1, -0.05) is 116 Å². The summed E-state index contributed by atoms with van der Waals surface area (Å²) in [5.41, 5.74) is 11.6. The third kappa shape index (κ3) is 19.2. The molecule has 6 aromatic rings. The van der Waals surface area contributed by atoms with Crippen LogP contribution in [0.15, 0.2) is 146 Å². The van der Waals surface area contributed by atoms with Crippen molar-refractivity contribution >= 4 is 41.2 Å². The zero-order valence-corrected chi connectivity index (χ0v) is 50.8. The maximum Gasteiger partial charge on any atom is 0.410 e. The fourth-order valence-electron chi connectivity index (χ4n) is 10.8. The highest BCUT2D eigenvalue weighted by Crippen LogP contribution is 2.44. The number of fused-ring (bicyclic) bond motifs is 3. The van der Waals surface area contributed by atoms with Crippen LogP contribution >= 0.6 is 0 Å². The third-order valence-electron chi connectivity index (χ3n) is 15.0. The molecule has 10 rings (SSSR count). The molecule has 0 aromatic heterocycles. The van der Waals surface area contributed by atoms with E-state index in [9.17, 15) is 32.8 Å². The number of anilines is 2. The summed E-state index contributed by atoms with van der Waals surface area (Å²) in [6.07, 6.45) is -2.48. The lowest BCUT2D eigenvalue weighted by Crippen LogP contribution is -2.50. The highest BCUT2D eigenvalue weighted by molar-refractivity contribution is 5.91. The summed E-state index contributed by atoms with van der Waals surface area (Å²) < 4.78 is 80.3. The van der Waals surface area contributed by atoms with E-state index in [2.05, 4.69) is 10.6 Å². The monoisotopic (exact) mass is 1190 g/mol. The number of carbonyl (C=O) groups is 5. The van der Waals surface area contributed by atoms with Crippen LogP contribution < -0.4 is 26.2 Å². The van der Waals surface area contributed by atoms with E-state index in [0.29, 0.717) is 80.4 Å². The molecule has 3 heterocycles. The molecule has 2 atom stereocenters. The van der Waals surface area contributed by atoms with Gasteiger partial charge in [0.2, 0.25) is 0 Å². The maximum atomic E-state index is 14.7. The van der Waals surface area contributed by atoms with Gasteiger partial charge in [-0.25, -0.2) is 23.2 Å². The van der Waals surface area contributed by atoms with Crippen LogP contribution in [-0.4, -0.2) is 135 Å². The Balaban J connectivity index is 0.000000229. The number of ketones is 2. The van der Waals surface area contributed by atoms with E-state index in [1.54, 1.807) is 103 Å². The van der Waals surface area contributed by atoms with Crippen molar-refractivity contribution in [3.63, 3.8) is 0 Å². The molecule has 4 N–H and O–H groups in total. The number of nitrogens with one attached hydrogen (secondary N) is 2. The molecule has 15 nitrogen and oxygen atoms in total.